The van der Waals surface area contributed by atoms with Crippen molar-refractivity contribution in [1.29, 1.82) is 0 Å². The Morgan fingerprint density at radius 2 is 1.89 bits per heavy atom. The van der Waals surface area contributed by atoms with E-state index in [2.05, 4.69) is 11.8 Å². The number of hydrogen-bond acceptors (Lipinski definition) is 7. The molecule has 160 valence electrons. The Balaban J connectivity index is 1.92. The van der Waals surface area contributed by atoms with Crippen LogP contribution >= 0.6 is 0 Å². The van der Waals surface area contributed by atoms with Gasteiger partial charge >= 0.3 is 0 Å². The maximum absolute atomic E-state index is 10.7. The van der Waals surface area contributed by atoms with Crippen LogP contribution in [0.15, 0.2) is 30.3 Å². The Kier molecular flexibility index (Phi) is 10.4. The summed E-state index contributed by atoms with van der Waals surface area (Å²) in [5.74, 6) is 0. The van der Waals surface area contributed by atoms with Gasteiger partial charge in [-0.05, 0) is 13.0 Å². The number of aliphatic hydroxyl groups is 3. The number of ether oxygens (including phenoxy) is 2. The first-order chi connectivity index (χ1) is 13.6. The highest BCUT2D eigenvalue weighted by Crippen LogP contribution is 2.28. The van der Waals surface area contributed by atoms with Gasteiger partial charge in [-0.15, -0.1) is 0 Å². The molecule has 0 aromatic heterocycles. The standard InChI is InChI=1S/C21H36N2O5/c1-2-3-4-8-12-23(13-11-22)14-17(24)19(26)20-18(25)15-27-21(28-20)16-9-6-5-7-10-16/h5-7,9-10,17-21,24-26H,2-4,8,11-15,22H2,1H3/t17?,18-,19?,20-,21-/m1/s1. The number of benzene rings is 1. The van der Waals surface area contributed by atoms with Crippen molar-refractivity contribution < 1.29 is 24.8 Å². The second-order valence-corrected chi connectivity index (χ2v) is 7.45. The van der Waals surface area contributed by atoms with Gasteiger partial charge in [0.25, 0.3) is 0 Å². The molecule has 1 fully saturated rings. The third-order valence-electron chi connectivity index (χ3n) is 5.10. The van der Waals surface area contributed by atoms with Gasteiger partial charge in [0, 0.05) is 25.2 Å². The van der Waals surface area contributed by atoms with E-state index in [1.807, 2.05) is 30.3 Å². The Hall–Kier alpha value is -1.06. The summed E-state index contributed by atoms with van der Waals surface area (Å²) < 4.78 is 11.3. The average molecular weight is 397 g/mol. The highest BCUT2D eigenvalue weighted by Gasteiger charge is 2.39. The van der Waals surface area contributed by atoms with Crippen molar-refractivity contribution in [3.63, 3.8) is 0 Å². The smallest absolute Gasteiger partial charge is 0.184 e. The molecule has 2 rings (SSSR count). The largest absolute Gasteiger partial charge is 0.389 e. The van der Waals surface area contributed by atoms with Gasteiger partial charge in [0.2, 0.25) is 0 Å². The van der Waals surface area contributed by atoms with Crippen LogP contribution in [0, 0.1) is 0 Å². The normalized spacial score (nSPS) is 25.0. The summed E-state index contributed by atoms with van der Waals surface area (Å²) in [5.41, 5.74) is 6.50. The highest BCUT2D eigenvalue weighted by atomic mass is 16.7. The van der Waals surface area contributed by atoms with E-state index < -0.39 is 30.7 Å². The Bertz CT molecular complexity index is 533. The molecule has 0 aliphatic carbocycles. The molecule has 28 heavy (non-hydrogen) atoms. The molecule has 0 saturated carbocycles. The molecule has 1 aromatic rings. The van der Waals surface area contributed by atoms with Crippen LogP contribution in [0.4, 0.5) is 0 Å². The third-order valence-corrected chi connectivity index (χ3v) is 5.10. The summed E-state index contributed by atoms with van der Waals surface area (Å²) >= 11 is 0. The van der Waals surface area contributed by atoms with Crippen molar-refractivity contribution in [2.45, 2.75) is 63.3 Å². The van der Waals surface area contributed by atoms with Crippen molar-refractivity contribution in [2.75, 3.05) is 32.8 Å². The minimum absolute atomic E-state index is 0.0392. The number of nitrogens with zero attached hydrogens (tertiary/aromatic N) is 1. The number of hydrogen-bond donors (Lipinski definition) is 4. The molecule has 5 atom stereocenters. The molecule has 0 bridgehead atoms. The average Bonchev–Trinajstić information content (AvgIpc) is 2.71. The van der Waals surface area contributed by atoms with Gasteiger partial charge < -0.3 is 30.5 Å². The number of aliphatic hydroxyl groups excluding tert-OH is 3. The monoisotopic (exact) mass is 396 g/mol. The Morgan fingerprint density at radius 1 is 1.14 bits per heavy atom. The SMILES string of the molecule is CCCCCCN(CCN)CC(O)C(O)[C@@H]1O[C@H](c2ccccc2)OC[C@H]1O. The third kappa shape index (κ3) is 7.08. The van der Waals surface area contributed by atoms with Crippen molar-refractivity contribution >= 4 is 0 Å². The minimum Gasteiger partial charge on any atom is -0.389 e. The summed E-state index contributed by atoms with van der Waals surface area (Å²) in [6.45, 7) is 4.46. The molecule has 0 radical (unpaired) electrons. The van der Waals surface area contributed by atoms with Crippen LogP contribution in [0.2, 0.25) is 0 Å². The zero-order valence-electron chi connectivity index (χ0n) is 16.8. The molecule has 1 saturated heterocycles. The molecule has 1 aliphatic rings. The van der Waals surface area contributed by atoms with E-state index in [1.165, 1.54) is 12.8 Å². The topological polar surface area (TPSA) is 108 Å². The van der Waals surface area contributed by atoms with Gasteiger partial charge in [0.1, 0.15) is 18.3 Å². The Morgan fingerprint density at radius 3 is 2.57 bits per heavy atom. The van der Waals surface area contributed by atoms with E-state index >= 15 is 0 Å². The van der Waals surface area contributed by atoms with Crippen LogP contribution in [0.5, 0.6) is 0 Å². The zero-order chi connectivity index (χ0) is 20.4. The summed E-state index contributed by atoms with van der Waals surface area (Å²) in [7, 11) is 0. The fraction of sp³-hybridized carbons (Fsp3) is 0.714. The van der Waals surface area contributed by atoms with Crippen molar-refractivity contribution in [2.24, 2.45) is 5.73 Å². The van der Waals surface area contributed by atoms with E-state index in [9.17, 15) is 15.3 Å². The molecule has 1 aliphatic heterocycles. The van der Waals surface area contributed by atoms with Crippen LogP contribution in [0.1, 0.15) is 44.5 Å². The summed E-state index contributed by atoms with van der Waals surface area (Å²) in [5, 5.41) is 31.5. The van der Waals surface area contributed by atoms with E-state index in [1.54, 1.807) is 0 Å². The van der Waals surface area contributed by atoms with Crippen LogP contribution < -0.4 is 5.73 Å². The lowest BCUT2D eigenvalue weighted by molar-refractivity contribution is -0.283. The minimum atomic E-state index is -1.22. The summed E-state index contributed by atoms with van der Waals surface area (Å²) in [6, 6.07) is 9.36. The van der Waals surface area contributed by atoms with E-state index in [0.717, 1.165) is 24.9 Å². The number of rotatable bonds is 12. The van der Waals surface area contributed by atoms with Crippen molar-refractivity contribution in [3.8, 4) is 0 Å². The predicted molar refractivity (Wildman–Crippen MR) is 108 cm³/mol. The van der Waals surface area contributed by atoms with Crippen LogP contribution in [-0.2, 0) is 9.47 Å². The molecule has 5 N–H and O–H groups in total. The fourth-order valence-electron chi connectivity index (χ4n) is 3.48. The lowest BCUT2D eigenvalue weighted by atomic mass is 10.0. The molecular weight excluding hydrogens is 360 g/mol. The quantitative estimate of drug-likeness (QED) is 0.391. The van der Waals surface area contributed by atoms with Gasteiger partial charge in [-0.3, -0.25) is 4.90 Å². The highest BCUT2D eigenvalue weighted by molar-refractivity contribution is 5.16. The molecule has 7 heteroatoms. The van der Waals surface area contributed by atoms with Gasteiger partial charge in [-0.1, -0.05) is 56.5 Å². The maximum atomic E-state index is 10.7. The molecule has 0 amide bonds. The summed E-state index contributed by atoms with van der Waals surface area (Å²) in [6.07, 6.45) is -0.353. The van der Waals surface area contributed by atoms with Gasteiger partial charge in [0.15, 0.2) is 6.29 Å². The number of nitrogens with two attached hydrogens (primary N) is 1. The molecule has 2 unspecified atom stereocenters. The van der Waals surface area contributed by atoms with Crippen molar-refractivity contribution in [3.05, 3.63) is 35.9 Å². The predicted octanol–water partition coefficient (Wildman–Crippen LogP) is 1.02. The number of unbranched alkanes of at least 4 members (excludes halogenated alkanes) is 3. The second kappa shape index (κ2) is 12.5. The first-order valence-electron chi connectivity index (χ1n) is 10.4. The van der Waals surface area contributed by atoms with E-state index in [0.29, 0.717) is 13.1 Å². The van der Waals surface area contributed by atoms with E-state index in [-0.39, 0.29) is 13.2 Å². The molecule has 0 spiro atoms. The second-order valence-electron chi connectivity index (χ2n) is 7.45. The zero-order valence-corrected chi connectivity index (χ0v) is 16.8. The first kappa shape index (κ1) is 23.2. The fourth-order valence-corrected chi connectivity index (χ4v) is 3.48. The van der Waals surface area contributed by atoms with E-state index in [4.69, 9.17) is 15.2 Å². The lowest BCUT2D eigenvalue weighted by Gasteiger charge is -2.38. The molecular formula is C21H36N2O5. The van der Waals surface area contributed by atoms with Crippen molar-refractivity contribution in [1.82, 2.24) is 4.90 Å². The molecule has 7 nitrogen and oxygen atoms in total. The van der Waals surface area contributed by atoms with Gasteiger partial charge in [-0.2, -0.15) is 0 Å². The summed E-state index contributed by atoms with van der Waals surface area (Å²) in [4.78, 5) is 2.06. The van der Waals surface area contributed by atoms with Gasteiger partial charge in [0.05, 0.1) is 12.7 Å². The van der Waals surface area contributed by atoms with Gasteiger partial charge in [-0.25, -0.2) is 0 Å². The van der Waals surface area contributed by atoms with Crippen LogP contribution in [0.25, 0.3) is 0 Å². The first-order valence-corrected chi connectivity index (χ1v) is 10.4. The molecule has 1 heterocycles. The van der Waals surface area contributed by atoms with Crippen LogP contribution in [0.3, 0.4) is 0 Å². The molecule has 1 aromatic carbocycles. The lowest BCUT2D eigenvalue weighted by Crippen LogP contribution is -2.54. The Labute approximate surface area is 168 Å². The van der Waals surface area contributed by atoms with Crippen LogP contribution in [-0.4, -0.2) is 77.4 Å². The maximum Gasteiger partial charge on any atom is 0.184 e.